The minimum Gasteiger partial charge on any atom is -0.361 e. The van der Waals surface area contributed by atoms with Gasteiger partial charge in [-0.2, -0.15) is 0 Å². The van der Waals surface area contributed by atoms with Gasteiger partial charge in [-0.25, -0.2) is 0 Å². The van der Waals surface area contributed by atoms with Crippen LogP contribution in [-0.2, 0) is 24.1 Å². The summed E-state index contributed by atoms with van der Waals surface area (Å²) in [5, 5.41) is 4.09. The maximum absolute atomic E-state index is 12.7. The van der Waals surface area contributed by atoms with Crippen molar-refractivity contribution in [1.82, 2.24) is 10.1 Å². The van der Waals surface area contributed by atoms with Crippen LogP contribution >= 0.6 is 0 Å². The van der Waals surface area contributed by atoms with Gasteiger partial charge in [-0.1, -0.05) is 25.9 Å². The summed E-state index contributed by atoms with van der Waals surface area (Å²) >= 11 is 0. The standard InChI is InChI=1S/C16H27N3O2/c1-4-13-12(15(5-2)21-18-13)9-16(20)19-8-6-7-11(3)14(19)10-17/h11,14H,4-10,17H2,1-3H3. The molecule has 0 aromatic carbocycles. The fourth-order valence-corrected chi connectivity index (χ4v) is 3.31. The van der Waals surface area contributed by atoms with Crippen molar-refractivity contribution in [1.29, 1.82) is 0 Å². The van der Waals surface area contributed by atoms with Gasteiger partial charge in [0, 0.05) is 31.1 Å². The van der Waals surface area contributed by atoms with Crippen molar-refractivity contribution in [3.63, 3.8) is 0 Å². The highest BCUT2D eigenvalue weighted by molar-refractivity contribution is 5.79. The molecule has 5 heteroatoms. The Morgan fingerprint density at radius 2 is 2.19 bits per heavy atom. The van der Waals surface area contributed by atoms with Crippen LogP contribution in [0.3, 0.4) is 0 Å². The summed E-state index contributed by atoms with van der Waals surface area (Å²) in [7, 11) is 0. The summed E-state index contributed by atoms with van der Waals surface area (Å²) < 4.78 is 5.35. The summed E-state index contributed by atoms with van der Waals surface area (Å²) in [6.45, 7) is 7.61. The number of nitrogens with two attached hydrogens (primary N) is 1. The average molecular weight is 293 g/mol. The number of carbonyl (C=O) groups is 1. The Morgan fingerprint density at radius 3 is 2.81 bits per heavy atom. The number of aryl methyl sites for hydroxylation is 2. The van der Waals surface area contributed by atoms with E-state index in [0.29, 0.717) is 18.9 Å². The summed E-state index contributed by atoms with van der Waals surface area (Å²) in [6, 6.07) is 0.168. The first-order valence-corrected chi connectivity index (χ1v) is 8.08. The fraction of sp³-hybridized carbons (Fsp3) is 0.750. The molecule has 118 valence electrons. The lowest BCUT2D eigenvalue weighted by atomic mass is 9.90. The lowest BCUT2D eigenvalue weighted by molar-refractivity contribution is -0.135. The Hall–Kier alpha value is -1.36. The maximum atomic E-state index is 12.7. The van der Waals surface area contributed by atoms with Gasteiger partial charge in [-0.3, -0.25) is 4.79 Å². The Morgan fingerprint density at radius 1 is 1.43 bits per heavy atom. The third kappa shape index (κ3) is 3.28. The highest BCUT2D eigenvalue weighted by Gasteiger charge is 2.31. The smallest absolute Gasteiger partial charge is 0.227 e. The molecule has 1 aromatic rings. The van der Waals surface area contributed by atoms with Gasteiger partial charge >= 0.3 is 0 Å². The van der Waals surface area contributed by atoms with E-state index in [-0.39, 0.29) is 11.9 Å². The summed E-state index contributed by atoms with van der Waals surface area (Å²) in [5.41, 5.74) is 7.78. The predicted molar refractivity (Wildman–Crippen MR) is 81.9 cm³/mol. The van der Waals surface area contributed by atoms with Crippen LogP contribution in [0.5, 0.6) is 0 Å². The van der Waals surface area contributed by atoms with E-state index in [1.165, 1.54) is 0 Å². The number of likely N-dealkylation sites (tertiary alicyclic amines) is 1. The average Bonchev–Trinajstić information content (AvgIpc) is 2.88. The zero-order valence-electron chi connectivity index (χ0n) is 13.4. The molecular formula is C16H27N3O2. The first-order chi connectivity index (χ1) is 10.1. The molecule has 1 aliphatic rings. The van der Waals surface area contributed by atoms with Crippen LogP contribution in [0.1, 0.15) is 50.6 Å². The lowest BCUT2D eigenvalue weighted by Crippen LogP contribution is -2.51. The normalized spacial score (nSPS) is 22.6. The van der Waals surface area contributed by atoms with E-state index >= 15 is 0 Å². The number of aromatic nitrogens is 1. The van der Waals surface area contributed by atoms with Crippen molar-refractivity contribution in [2.45, 2.75) is 58.9 Å². The lowest BCUT2D eigenvalue weighted by Gasteiger charge is -2.39. The van der Waals surface area contributed by atoms with Crippen LogP contribution in [0.15, 0.2) is 4.52 Å². The molecule has 21 heavy (non-hydrogen) atoms. The Kier molecular flexibility index (Phi) is 5.39. The number of piperidine rings is 1. The molecule has 0 aliphatic carbocycles. The van der Waals surface area contributed by atoms with Gasteiger partial charge in [0.2, 0.25) is 5.91 Å². The van der Waals surface area contributed by atoms with Crippen LogP contribution < -0.4 is 5.73 Å². The monoisotopic (exact) mass is 293 g/mol. The zero-order valence-corrected chi connectivity index (χ0v) is 13.4. The number of hydrogen-bond acceptors (Lipinski definition) is 4. The van der Waals surface area contributed by atoms with Gasteiger partial charge < -0.3 is 15.2 Å². The van der Waals surface area contributed by atoms with Crippen molar-refractivity contribution in [2.75, 3.05) is 13.1 Å². The van der Waals surface area contributed by atoms with Gasteiger partial charge in [-0.05, 0) is 25.2 Å². The van der Waals surface area contributed by atoms with Crippen LogP contribution in [0.2, 0.25) is 0 Å². The van der Waals surface area contributed by atoms with Crippen LogP contribution in [0.25, 0.3) is 0 Å². The molecule has 2 atom stereocenters. The molecule has 0 bridgehead atoms. The van der Waals surface area contributed by atoms with Crippen molar-refractivity contribution < 1.29 is 9.32 Å². The van der Waals surface area contributed by atoms with Gasteiger partial charge in [-0.15, -0.1) is 0 Å². The van der Waals surface area contributed by atoms with Crippen molar-refractivity contribution in [2.24, 2.45) is 11.7 Å². The Labute approximate surface area is 126 Å². The molecule has 2 heterocycles. The number of nitrogens with zero attached hydrogens (tertiary/aromatic N) is 2. The molecule has 1 fully saturated rings. The molecule has 0 radical (unpaired) electrons. The molecular weight excluding hydrogens is 266 g/mol. The number of rotatable bonds is 5. The largest absolute Gasteiger partial charge is 0.361 e. The predicted octanol–water partition coefficient (Wildman–Crippen LogP) is 1.93. The Balaban J connectivity index is 2.15. The summed E-state index contributed by atoms with van der Waals surface area (Å²) in [6.07, 6.45) is 4.17. The highest BCUT2D eigenvalue weighted by atomic mass is 16.5. The van der Waals surface area contributed by atoms with Gasteiger partial charge in [0.15, 0.2) is 0 Å². The second-order valence-electron chi connectivity index (χ2n) is 5.92. The highest BCUT2D eigenvalue weighted by Crippen LogP contribution is 2.24. The molecule has 2 unspecified atom stereocenters. The molecule has 0 spiro atoms. The SMILES string of the molecule is CCc1noc(CC)c1CC(=O)N1CCCC(C)C1CN. The van der Waals surface area contributed by atoms with E-state index in [1.54, 1.807) is 0 Å². The van der Waals surface area contributed by atoms with Crippen LogP contribution in [0.4, 0.5) is 0 Å². The van der Waals surface area contributed by atoms with E-state index in [1.807, 2.05) is 18.7 Å². The van der Waals surface area contributed by atoms with E-state index < -0.39 is 0 Å². The molecule has 2 rings (SSSR count). The van der Waals surface area contributed by atoms with E-state index in [9.17, 15) is 4.79 Å². The first kappa shape index (κ1) is 16.0. The number of carbonyl (C=O) groups excluding carboxylic acids is 1. The second kappa shape index (κ2) is 7.07. The van der Waals surface area contributed by atoms with E-state index in [0.717, 1.165) is 49.2 Å². The summed E-state index contributed by atoms with van der Waals surface area (Å²) in [5.74, 6) is 1.48. The minimum atomic E-state index is 0.157. The molecule has 5 nitrogen and oxygen atoms in total. The van der Waals surface area contributed by atoms with Crippen LogP contribution in [0, 0.1) is 5.92 Å². The number of amides is 1. The molecule has 1 aromatic heterocycles. The van der Waals surface area contributed by atoms with E-state index in [2.05, 4.69) is 12.1 Å². The topological polar surface area (TPSA) is 72.4 Å². The van der Waals surface area contributed by atoms with Crippen molar-refractivity contribution in [3.8, 4) is 0 Å². The maximum Gasteiger partial charge on any atom is 0.227 e. The fourth-order valence-electron chi connectivity index (χ4n) is 3.31. The van der Waals surface area contributed by atoms with Gasteiger partial charge in [0.1, 0.15) is 5.76 Å². The first-order valence-electron chi connectivity index (χ1n) is 8.08. The third-order valence-electron chi connectivity index (χ3n) is 4.61. The van der Waals surface area contributed by atoms with Gasteiger partial charge in [0.05, 0.1) is 12.1 Å². The second-order valence-corrected chi connectivity index (χ2v) is 5.92. The van der Waals surface area contributed by atoms with Crippen molar-refractivity contribution in [3.05, 3.63) is 17.0 Å². The zero-order chi connectivity index (χ0) is 15.4. The molecule has 2 N–H and O–H groups in total. The minimum absolute atomic E-state index is 0.157. The molecule has 1 amide bonds. The van der Waals surface area contributed by atoms with Gasteiger partial charge in [0.25, 0.3) is 0 Å². The van der Waals surface area contributed by atoms with Crippen molar-refractivity contribution >= 4 is 5.91 Å². The quantitative estimate of drug-likeness (QED) is 0.900. The Bertz CT molecular complexity index is 462. The molecule has 1 saturated heterocycles. The van der Waals surface area contributed by atoms with E-state index in [4.69, 9.17) is 10.3 Å². The van der Waals surface area contributed by atoms with Crippen LogP contribution in [-0.4, -0.2) is 35.1 Å². The molecule has 0 saturated carbocycles. The number of hydrogen-bond donors (Lipinski definition) is 1. The molecule has 1 aliphatic heterocycles. The third-order valence-corrected chi connectivity index (χ3v) is 4.61. The summed E-state index contributed by atoms with van der Waals surface area (Å²) in [4.78, 5) is 14.7.